The quantitative estimate of drug-likeness (QED) is 0.666. The van der Waals surface area contributed by atoms with Gasteiger partial charge in [0.1, 0.15) is 0 Å². The Labute approximate surface area is 74.3 Å². The van der Waals surface area contributed by atoms with Gasteiger partial charge in [-0.05, 0) is 5.41 Å². The first kappa shape index (κ1) is 9.96. The minimum absolute atomic E-state index is 0.0252. The van der Waals surface area contributed by atoms with Crippen LogP contribution in [-0.2, 0) is 4.74 Å². The van der Waals surface area contributed by atoms with Crippen LogP contribution in [0.1, 0.15) is 20.8 Å². The van der Waals surface area contributed by atoms with Crippen LogP contribution in [0, 0.1) is 5.41 Å². The van der Waals surface area contributed by atoms with Crippen LogP contribution < -0.4 is 0 Å². The SMILES string of the molecule is CC(C)(C)C(O)CN1CCOC1. The van der Waals surface area contributed by atoms with E-state index in [1.165, 1.54) is 0 Å². The molecule has 0 bridgehead atoms. The van der Waals surface area contributed by atoms with Gasteiger partial charge >= 0.3 is 0 Å². The summed E-state index contributed by atoms with van der Waals surface area (Å²) in [4.78, 5) is 2.13. The molecule has 0 radical (unpaired) electrons. The fraction of sp³-hybridized carbons (Fsp3) is 1.00. The Bertz CT molecular complexity index is 136. The monoisotopic (exact) mass is 173 g/mol. The van der Waals surface area contributed by atoms with E-state index in [9.17, 15) is 5.11 Å². The average molecular weight is 173 g/mol. The smallest absolute Gasteiger partial charge is 0.0992 e. The minimum atomic E-state index is -0.265. The Balaban J connectivity index is 2.30. The van der Waals surface area contributed by atoms with Crippen molar-refractivity contribution in [2.45, 2.75) is 26.9 Å². The van der Waals surface area contributed by atoms with E-state index in [4.69, 9.17) is 4.74 Å². The molecular formula is C9H19NO2. The second-order valence-corrected chi connectivity index (χ2v) is 4.50. The molecule has 0 spiro atoms. The predicted octanol–water partition coefficient (Wildman–Crippen LogP) is 0.683. The number of aliphatic hydroxyl groups is 1. The Kier molecular flexibility index (Phi) is 3.09. The van der Waals surface area contributed by atoms with E-state index in [2.05, 4.69) is 25.7 Å². The second-order valence-electron chi connectivity index (χ2n) is 4.50. The number of β-amino-alcohol motifs (C(OH)–C–C–N with tert-alkyl or cyclic N) is 1. The third-order valence-electron chi connectivity index (χ3n) is 2.26. The molecule has 1 heterocycles. The van der Waals surface area contributed by atoms with Crippen molar-refractivity contribution in [1.82, 2.24) is 4.90 Å². The van der Waals surface area contributed by atoms with Crippen molar-refractivity contribution >= 4 is 0 Å². The summed E-state index contributed by atoms with van der Waals surface area (Å²) < 4.78 is 5.19. The van der Waals surface area contributed by atoms with E-state index in [-0.39, 0.29) is 11.5 Å². The zero-order valence-corrected chi connectivity index (χ0v) is 8.21. The molecule has 0 aliphatic carbocycles. The van der Waals surface area contributed by atoms with E-state index in [1.807, 2.05) is 0 Å². The van der Waals surface area contributed by atoms with Gasteiger partial charge in [-0.1, -0.05) is 20.8 Å². The van der Waals surface area contributed by atoms with Gasteiger partial charge in [0.05, 0.1) is 19.4 Å². The third-order valence-corrected chi connectivity index (χ3v) is 2.26. The molecule has 1 unspecified atom stereocenters. The van der Waals surface area contributed by atoms with Crippen molar-refractivity contribution in [2.75, 3.05) is 26.4 Å². The Morgan fingerprint density at radius 3 is 2.58 bits per heavy atom. The molecule has 1 aliphatic heterocycles. The average Bonchev–Trinajstić information content (AvgIpc) is 2.37. The first-order valence-corrected chi connectivity index (χ1v) is 4.48. The second kappa shape index (κ2) is 3.73. The zero-order valence-electron chi connectivity index (χ0n) is 8.21. The van der Waals surface area contributed by atoms with E-state index >= 15 is 0 Å². The van der Waals surface area contributed by atoms with E-state index in [0.717, 1.165) is 19.7 Å². The third kappa shape index (κ3) is 2.73. The van der Waals surface area contributed by atoms with Crippen LogP contribution in [0.4, 0.5) is 0 Å². The number of hydrogen-bond donors (Lipinski definition) is 1. The van der Waals surface area contributed by atoms with Gasteiger partial charge in [0.15, 0.2) is 0 Å². The van der Waals surface area contributed by atoms with Crippen LogP contribution in [0.5, 0.6) is 0 Å². The van der Waals surface area contributed by atoms with E-state index in [1.54, 1.807) is 0 Å². The summed E-state index contributed by atoms with van der Waals surface area (Å²) in [6, 6.07) is 0. The molecule has 1 saturated heterocycles. The molecule has 12 heavy (non-hydrogen) atoms. The molecule has 72 valence electrons. The van der Waals surface area contributed by atoms with E-state index in [0.29, 0.717) is 6.73 Å². The molecule has 0 aromatic heterocycles. The summed E-state index contributed by atoms with van der Waals surface area (Å²) in [5.41, 5.74) is -0.0252. The Hall–Kier alpha value is -0.120. The van der Waals surface area contributed by atoms with Gasteiger partial charge in [-0.25, -0.2) is 0 Å². The van der Waals surface area contributed by atoms with Gasteiger partial charge in [-0.3, -0.25) is 4.90 Å². The fourth-order valence-corrected chi connectivity index (χ4v) is 1.11. The number of ether oxygens (including phenoxy) is 1. The maximum absolute atomic E-state index is 9.75. The Morgan fingerprint density at radius 2 is 2.17 bits per heavy atom. The lowest BCUT2D eigenvalue weighted by molar-refractivity contribution is 0.0219. The minimum Gasteiger partial charge on any atom is -0.391 e. The molecule has 0 amide bonds. The summed E-state index contributed by atoms with van der Waals surface area (Å²) in [5.74, 6) is 0. The van der Waals surface area contributed by atoms with Gasteiger partial charge in [0.2, 0.25) is 0 Å². The van der Waals surface area contributed by atoms with E-state index < -0.39 is 0 Å². The van der Waals surface area contributed by atoms with Gasteiger partial charge < -0.3 is 9.84 Å². The largest absolute Gasteiger partial charge is 0.391 e. The van der Waals surface area contributed by atoms with Gasteiger partial charge in [0.25, 0.3) is 0 Å². The lowest BCUT2D eigenvalue weighted by Crippen LogP contribution is -2.38. The number of aliphatic hydroxyl groups excluding tert-OH is 1. The van der Waals surface area contributed by atoms with Crippen molar-refractivity contribution < 1.29 is 9.84 Å². The highest BCUT2D eigenvalue weighted by molar-refractivity contribution is 4.76. The van der Waals surface area contributed by atoms with Crippen LogP contribution in [0.15, 0.2) is 0 Å². The summed E-state index contributed by atoms with van der Waals surface area (Å²) in [7, 11) is 0. The summed E-state index contributed by atoms with van der Waals surface area (Å²) >= 11 is 0. The molecule has 3 nitrogen and oxygen atoms in total. The molecule has 1 atom stereocenters. The van der Waals surface area contributed by atoms with Crippen LogP contribution in [0.3, 0.4) is 0 Å². The molecule has 0 aromatic carbocycles. The van der Waals surface area contributed by atoms with Gasteiger partial charge in [-0.2, -0.15) is 0 Å². The summed E-state index contributed by atoms with van der Waals surface area (Å²) in [6.07, 6.45) is -0.265. The normalized spacial score (nSPS) is 23.0. The molecule has 0 aromatic rings. The lowest BCUT2D eigenvalue weighted by atomic mass is 9.89. The number of nitrogens with zero attached hydrogens (tertiary/aromatic N) is 1. The zero-order chi connectivity index (χ0) is 9.19. The highest BCUT2D eigenvalue weighted by atomic mass is 16.5. The number of rotatable bonds is 2. The molecule has 1 aliphatic rings. The number of hydrogen-bond acceptors (Lipinski definition) is 3. The summed E-state index contributed by atoms with van der Waals surface area (Å²) in [6.45, 7) is 9.30. The lowest BCUT2D eigenvalue weighted by Gasteiger charge is -2.28. The Morgan fingerprint density at radius 1 is 1.50 bits per heavy atom. The fourth-order valence-electron chi connectivity index (χ4n) is 1.11. The predicted molar refractivity (Wildman–Crippen MR) is 47.9 cm³/mol. The first-order chi connectivity index (χ1) is 5.50. The molecule has 1 N–H and O–H groups in total. The van der Waals surface area contributed by atoms with Gasteiger partial charge in [-0.15, -0.1) is 0 Å². The van der Waals surface area contributed by atoms with Crippen molar-refractivity contribution in [3.63, 3.8) is 0 Å². The molecule has 1 fully saturated rings. The first-order valence-electron chi connectivity index (χ1n) is 4.48. The molecule has 0 saturated carbocycles. The molecule has 3 heteroatoms. The van der Waals surface area contributed by atoms with Crippen LogP contribution in [-0.4, -0.2) is 42.5 Å². The van der Waals surface area contributed by atoms with Crippen LogP contribution in [0.2, 0.25) is 0 Å². The molecular weight excluding hydrogens is 154 g/mol. The van der Waals surface area contributed by atoms with Crippen molar-refractivity contribution in [3.05, 3.63) is 0 Å². The highest BCUT2D eigenvalue weighted by Crippen LogP contribution is 2.20. The maximum atomic E-state index is 9.75. The maximum Gasteiger partial charge on any atom is 0.0992 e. The van der Waals surface area contributed by atoms with Crippen LogP contribution in [0.25, 0.3) is 0 Å². The van der Waals surface area contributed by atoms with Gasteiger partial charge in [0, 0.05) is 13.1 Å². The van der Waals surface area contributed by atoms with Crippen LogP contribution >= 0.6 is 0 Å². The van der Waals surface area contributed by atoms with Crippen molar-refractivity contribution in [2.24, 2.45) is 5.41 Å². The van der Waals surface area contributed by atoms with Crippen molar-refractivity contribution in [3.8, 4) is 0 Å². The van der Waals surface area contributed by atoms with Crippen molar-refractivity contribution in [1.29, 1.82) is 0 Å². The summed E-state index contributed by atoms with van der Waals surface area (Å²) in [5, 5.41) is 9.75. The topological polar surface area (TPSA) is 32.7 Å². The standard InChI is InChI=1S/C9H19NO2/c1-9(2,3)8(11)6-10-4-5-12-7-10/h8,11H,4-7H2,1-3H3. The highest BCUT2D eigenvalue weighted by Gasteiger charge is 2.25. The molecule has 1 rings (SSSR count).